The van der Waals surface area contributed by atoms with E-state index >= 15 is 0 Å². The molecule has 0 aromatic heterocycles. The van der Waals surface area contributed by atoms with E-state index in [1.54, 1.807) is 17.0 Å². The molecule has 5 nitrogen and oxygen atoms in total. The predicted molar refractivity (Wildman–Crippen MR) is 99.3 cm³/mol. The molecule has 1 aromatic rings. The van der Waals surface area contributed by atoms with Gasteiger partial charge in [0, 0.05) is 37.0 Å². The molecule has 0 radical (unpaired) electrons. The summed E-state index contributed by atoms with van der Waals surface area (Å²) in [4.78, 5) is 13.7. The molecular weight excluding hydrogens is 391 g/mol. The number of halogens is 2. The van der Waals surface area contributed by atoms with Gasteiger partial charge >= 0.3 is 0 Å². The molecule has 9 heteroatoms. The number of rotatable bonds is 6. The van der Waals surface area contributed by atoms with Gasteiger partial charge in [-0.1, -0.05) is 29.3 Å². The fraction of sp³-hybridized carbons (Fsp3) is 0.400. The second-order valence-electron chi connectivity index (χ2n) is 5.16. The van der Waals surface area contributed by atoms with Crippen molar-refractivity contribution < 1.29 is 13.2 Å². The lowest BCUT2D eigenvalue weighted by atomic mass is 10.3. The molecule has 1 heterocycles. The van der Waals surface area contributed by atoms with Gasteiger partial charge in [0.25, 0.3) is 0 Å². The van der Waals surface area contributed by atoms with Crippen molar-refractivity contribution in [2.45, 2.75) is 4.90 Å². The van der Waals surface area contributed by atoms with Gasteiger partial charge in [-0.15, -0.1) is 18.3 Å². The van der Waals surface area contributed by atoms with Crippen LogP contribution in [0.5, 0.6) is 0 Å². The van der Waals surface area contributed by atoms with E-state index in [-0.39, 0.29) is 28.9 Å². The van der Waals surface area contributed by atoms with Crippen LogP contribution in [0, 0.1) is 0 Å². The Bertz CT molecular complexity index is 717. The first-order chi connectivity index (χ1) is 11.4. The Labute approximate surface area is 156 Å². The minimum Gasteiger partial charge on any atom is -0.339 e. The van der Waals surface area contributed by atoms with E-state index in [1.807, 2.05) is 0 Å². The highest BCUT2D eigenvalue weighted by atomic mass is 35.5. The minimum atomic E-state index is -3.72. The lowest BCUT2D eigenvalue weighted by molar-refractivity contribution is -0.129. The number of sulfonamides is 1. The van der Waals surface area contributed by atoms with Crippen LogP contribution in [0.3, 0.4) is 0 Å². The van der Waals surface area contributed by atoms with Crippen LogP contribution in [0.25, 0.3) is 0 Å². The molecule has 1 amide bonds. The SMILES string of the molecule is C=CCSCC(=O)N1CCN(S(=O)(=O)c2cc(Cl)ccc2Cl)CC1. The molecule has 0 unspecified atom stereocenters. The van der Waals surface area contributed by atoms with Gasteiger partial charge in [0.05, 0.1) is 10.8 Å². The zero-order chi connectivity index (χ0) is 17.7. The molecule has 1 saturated heterocycles. The highest BCUT2D eigenvalue weighted by Crippen LogP contribution is 2.28. The maximum atomic E-state index is 12.7. The topological polar surface area (TPSA) is 57.7 Å². The van der Waals surface area contributed by atoms with E-state index in [9.17, 15) is 13.2 Å². The number of amides is 1. The van der Waals surface area contributed by atoms with Crippen molar-refractivity contribution in [3.8, 4) is 0 Å². The monoisotopic (exact) mass is 408 g/mol. The molecule has 0 N–H and O–H groups in total. The number of benzene rings is 1. The Balaban J connectivity index is 2.02. The third kappa shape index (κ3) is 4.67. The number of carbonyl (C=O) groups is 1. The second kappa shape index (κ2) is 8.58. The molecule has 1 fully saturated rings. The average molecular weight is 409 g/mol. The van der Waals surface area contributed by atoms with Crippen LogP contribution >= 0.6 is 35.0 Å². The summed E-state index contributed by atoms with van der Waals surface area (Å²) in [6.45, 7) is 4.82. The zero-order valence-corrected chi connectivity index (χ0v) is 16.1. The second-order valence-corrected chi connectivity index (χ2v) is 8.94. The van der Waals surface area contributed by atoms with Gasteiger partial charge in [0.1, 0.15) is 4.90 Å². The number of hydrogen-bond donors (Lipinski definition) is 0. The van der Waals surface area contributed by atoms with E-state index in [2.05, 4.69) is 6.58 Å². The average Bonchev–Trinajstić information content (AvgIpc) is 2.57. The molecule has 0 saturated carbocycles. The quantitative estimate of drug-likeness (QED) is 0.536. The van der Waals surface area contributed by atoms with E-state index in [0.717, 1.165) is 0 Å². The van der Waals surface area contributed by atoms with Crippen molar-refractivity contribution in [2.24, 2.45) is 0 Å². The van der Waals surface area contributed by atoms with Crippen LogP contribution < -0.4 is 0 Å². The number of hydrogen-bond acceptors (Lipinski definition) is 4. The summed E-state index contributed by atoms with van der Waals surface area (Å²) >= 11 is 13.4. The molecule has 1 aliphatic heterocycles. The molecule has 0 bridgehead atoms. The van der Waals surface area contributed by atoms with Crippen LogP contribution in [0.2, 0.25) is 10.0 Å². The maximum Gasteiger partial charge on any atom is 0.244 e. The van der Waals surface area contributed by atoms with E-state index in [4.69, 9.17) is 23.2 Å². The van der Waals surface area contributed by atoms with Gasteiger partial charge in [-0.3, -0.25) is 4.79 Å². The highest BCUT2D eigenvalue weighted by Gasteiger charge is 2.31. The van der Waals surface area contributed by atoms with Crippen LogP contribution in [0.1, 0.15) is 0 Å². The summed E-state index contributed by atoms with van der Waals surface area (Å²) in [5, 5.41) is 0.449. The molecule has 2 rings (SSSR count). The minimum absolute atomic E-state index is 0.00187. The summed E-state index contributed by atoms with van der Waals surface area (Å²) in [7, 11) is -3.72. The van der Waals surface area contributed by atoms with Gasteiger partial charge < -0.3 is 4.90 Å². The van der Waals surface area contributed by atoms with Gasteiger partial charge in [-0.25, -0.2) is 8.42 Å². The molecule has 132 valence electrons. The number of thioether (sulfide) groups is 1. The van der Waals surface area contributed by atoms with Crippen molar-refractivity contribution in [3.05, 3.63) is 40.9 Å². The van der Waals surface area contributed by atoms with Crippen molar-refractivity contribution in [1.29, 1.82) is 0 Å². The lowest BCUT2D eigenvalue weighted by Gasteiger charge is -2.34. The molecule has 0 spiro atoms. The third-order valence-corrected chi connectivity index (χ3v) is 7.10. The van der Waals surface area contributed by atoms with Gasteiger partial charge in [-0.05, 0) is 18.2 Å². The molecule has 24 heavy (non-hydrogen) atoms. The Morgan fingerprint density at radius 3 is 2.54 bits per heavy atom. The number of nitrogens with zero attached hydrogens (tertiary/aromatic N) is 2. The Morgan fingerprint density at radius 2 is 1.92 bits per heavy atom. The molecule has 0 aliphatic carbocycles. The normalized spacial score (nSPS) is 16.2. The predicted octanol–water partition coefficient (Wildman–Crippen LogP) is 2.75. The Hall–Kier alpha value is -0.730. The van der Waals surface area contributed by atoms with E-state index in [1.165, 1.54) is 28.2 Å². The van der Waals surface area contributed by atoms with E-state index in [0.29, 0.717) is 29.6 Å². The molecule has 1 aliphatic rings. The summed E-state index contributed by atoms with van der Waals surface area (Å²) in [5.41, 5.74) is 0. The maximum absolute atomic E-state index is 12.7. The van der Waals surface area contributed by atoms with Gasteiger partial charge in [-0.2, -0.15) is 4.31 Å². The smallest absolute Gasteiger partial charge is 0.244 e. The Kier molecular flexibility index (Phi) is 7.00. The zero-order valence-electron chi connectivity index (χ0n) is 13.0. The summed E-state index contributed by atoms with van der Waals surface area (Å²) in [6, 6.07) is 4.36. The first-order valence-corrected chi connectivity index (χ1v) is 10.6. The fourth-order valence-corrected chi connectivity index (χ4v) is 5.11. The van der Waals surface area contributed by atoms with Crippen molar-refractivity contribution in [2.75, 3.05) is 37.7 Å². The van der Waals surface area contributed by atoms with Crippen LogP contribution in [-0.4, -0.2) is 61.2 Å². The number of piperazine rings is 1. The standard InChI is InChI=1S/C15H18Cl2N2O3S2/c1-2-9-23-11-15(20)18-5-7-19(8-6-18)24(21,22)14-10-12(16)3-4-13(14)17/h2-4,10H,1,5-9,11H2. The molecular formula is C15H18Cl2N2O3S2. The van der Waals surface area contributed by atoms with E-state index < -0.39 is 10.0 Å². The number of carbonyl (C=O) groups excluding carboxylic acids is 1. The van der Waals surface area contributed by atoms with Gasteiger partial charge in [0.2, 0.25) is 15.9 Å². The summed E-state index contributed by atoms with van der Waals surface area (Å²) < 4.78 is 26.8. The van der Waals surface area contributed by atoms with Crippen molar-refractivity contribution in [3.63, 3.8) is 0 Å². The fourth-order valence-electron chi connectivity index (χ4n) is 2.31. The first kappa shape index (κ1) is 19.6. The largest absolute Gasteiger partial charge is 0.339 e. The summed E-state index contributed by atoms with van der Waals surface area (Å²) in [5.74, 6) is 1.10. The van der Waals surface area contributed by atoms with Gasteiger partial charge in [0.15, 0.2) is 0 Å². The Morgan fingerprint density at radius 1 is 1.25 bits per heavy atom. The molecule has 0 atom stereocenters. The third-order valence-electron chi connectivity index (χ3n) is 3.56. The van der Waals surface area contributed by atoms with Crippen molar-refractivity contribution in [1.82, 2.24) is 9.21 Å². The summed E-state index contributed by atoms with van der Waals surface area (Å²) in [6.07, 6.45) is 1.75. The molecule has 1 aromatic carbocycles. The first-order valence-electron chi connectivity index (χ1n) is 7.28. The van der Waals surface area contributed by atoms with Crippen LogP contribution in [0.15, 0.2) is 35.7 Å². The van der Waals surface area contributed by atoms with Crippen LogP contribution in [0.4, 0.5) is 0 Å². The highest BCUT2D eigenvalue weighted by molar-refractivity contribution is 8.00. The lowest BCUT2D eigenvalue weighted by Crippen LogP contribution is -2.51. The van der Waals surface area contributed by atoms with Crippen LogP contribution in [-0.2, 0) is 14.8 Å². The van der Waals surface area contributed by atoms with Crippen molar-refractivity contribution >= 4 is 50.9 Å².